The summed E-state index contributed by atoms with van der Waals surface area (Å²) in [4.78, 5) is 36.1. The van der Waals surface area contributed by atoms with Crippen LogP contribution in [-0.4, -0.2) is 26.8 Å². The highest BCUT2D eigenvalue weighted by Crippen LogP contribution is 2.30. The summed E-state index contributed by atoms with van der Waals surface area (Å²) in [5.74, 6) is -0.754. The largest absolute Gasteiger partial charge is 0.345 e. The van der Waals surface area contributed by atoms with Crippen molar-refractivity contribution in [3.8, 4) is 0 Å². The van der Waals surface area contributed by atoms with Crippen molar-refractivity contribution in [1.29, 1.82) is 0 Å². The monoisotopic (exact) mass is 361 g/mol. The van der Waals surface area contributed by atoms with E-state index in [1.54, 1.807) is 6.20 Å². The minimum atomic E-state index is -0.393. The molecule has 0 aliphatic heterocycles. The van der Waals surface area contributed by atoms with Gasteiger partial charge in [0.2, 0.25) is 0 Å². The van der Waals surface area contributed by atoms with Crippen LogP contribution in [-0.2, 0) is 13.0 Å². The number of H-pyrrole nitrogens is 1. The number of aryl methyl sites for hydroxylation is 1. The molecular weight excluding hydrogens is 342 g/mol. The first-order valence-electron chi connectivity index (χ1n) is 8.82. The second-order valence-corrected chi connectivity index (χ2v) is 6.39. The molecule has 0 fully saturated rings. The molecule has 2 heterocycles. The van der Waals surface area contributed by atoms with Crippen LogP contribution in [0.5, 0.6) is 0 Å². The van der Waals surface area contributed by atoms with Crippen molar-refractivity contribution in [2.45, 2.75) is 25.4 Å². The van der Waals surface area contributed by atoms with Crippen molar-refractivity contribution < 1.29 is 9.59 Å². The number of nitrogens with one attached hydrogen (secondary N) is 3. The van der Waals surface area contributed by atoms with Gasteiger partial charge in [-0.2, -0.15) is 0 Å². The first-order chi connectivity index (χ1) is 13.2. The van der Waals surface area contributed by atoms with Crippen LogP contribution < -0.4 is 10.6 Å². The Morgan fingerprint density at radius 2 is 1.93 bits per heavy atom. The molecule has 0 bridgehead atoms. The number of carbonyl (C=O) groups excluding carboxylic acids is 2. The highest BCUT2D eigenvalue weighted by molar-refractivity contribution is 6.04. The maximum Gasteiger partial charge on any atom is 0.272 e. The summed E-state index contributed by atoms with van der Waals surface area (Å²) < 4.78 is 0. The number of imidazole rings is 1. The number of fused-ring (bicyclic) bond motifs is 1. The van der Waals surface area contributed by atoms with Gasteiger partial charge in [0.1, 0.15) is 5.69 Å². The second-order valence-electron chi connectivity index (χ2n) is 6.39. The van der Waals surface area contributed by atoms with Gasteiger partial charge in [-0.05, 0) is 36.1 Å². The lowest BCUT2D eigenvalue weighted by Crippen LogP contribution is -2.31. The first-order valence-corrected chi connectivity index (χ1v) is 8.82. The molecule has 4 rings (SSSR count). The number of aromatic amines is 1. The van der Waals surface area contributed by atoms with E-state index in [2.05, 4.69) is 31.7 Å². The highest BCUT2D eigenvalue weighted by Gasteiger charge is 2.27. The molecule has 0 radical (unpaired) electrons. The number of hydrogen-bond acceptors (Lipinski definition) is 4. The molecule has 1 atom stereocenters. The predicted molar refractivity (Wildman–Crippen MR) is 99.0 cm³/mol. The van der Waals surface area contributed by atoms with E-state index in [-0.39, 0.29) is 29.9 Å². The Balaban J connectivity index is 1.44. The van der Waals surface area contributed by atoms with Crippen LogP contribution in [0.15, 0.2) is 55.0 Å². The number of benzene rings is 1. The lowest BCUT2D eigenvalue weighted by Gasteiger charge is -2.13. The van der Waals surface area contributed by atoms with Crippen molar-refractivity contribution in [3.63, 3.8) is 0 Å². The van der Waals surface area contributed by atoms with Gasteiger partial charge in [0.05, 0.1) is 24.6 Å². The fraction of sp³-hybridized carbons (Fsp3) is 0.200. The number of carbonyl (C=O) groups is 2. The number of nitrogens with zero attached hydrogens (tertiary/aromatic N) is 2. The summed E-state index contributed by atoms with van der Waals surface area (Å²) in [6.45, 7) is 0.274. The molecule has 3 N–H and O–H groups in total. The number of pyridine rings is 1. The van der Waals surface area contributed by atoms with Gasteiger partial charge in [0.25, 0.3) is 11.8 Å². The van der Waals surface area contributed by atoms with Crippen molar-refractivity contribution in [3.05, 3.63) is 83.2 Å². The first kappa shape index (κ1) is 17.0. The number of rotatable bonds is 5. The Bertz CT molecular complexity index is 967. The van der Waals surface area contributed by atoms with Crippen LogP contribution in [0.3, 0.4) is 0 Å². The van der Waals surface area contributed by atoms with Crippen molar-refractivity contribution in [2.24, 2.45) is 0 Å². The van der Waals surface area contributed by atoms with Crippen molar-refractivity contribution >= 4 is 11.8 Å². The third-order valence-electron chi connectivity index (χ3n) is 4.68. The molecule has 1 aliphatic rings. The van der Waals surface area contributed by atoms with E-state index in [0.717, 1.165) is 24.1 Å². The molecule has 0 saturated carbocycles. The molecule has 1 aliphatic carbocycles. The van der Waals surface area contributed by atoms with E-state index in [1.165, 1.54) is 11.9 Å². The van der Waals surface area contributed by atoms with Crippen LogP contribution >= 0.6 is 0 Å². The predicted octanol–water partition coefficient (Wildman–Crippen LogP) is 2.15. The molecule has 0 unspecified atom stereocenters. The minimum absolute atomic E-state index is 0.0603. The lowest BCUT2D eigenvalue weighted by molar-refractivity contribution is 0.0903. The zero-order valence-corrected chi connectivity index (χ0v) is 14.6. The van der Waals surface area contributed by atoms with Crippen molar-refractivity contribution in [1.82, 2.24) is 25.6 Å². The zero-order chi connectivity index (χ0) is 18.6. The Morgan fingerprint density at radius 1 is 1.07 bits per heavy atom. The average molecular weight is 361 g/mol. The summed E-state index contributed by atoms with van der Waals surface area (Å²) in [7, 11) is 0. The smallest absolute Gasteiger partial charge is 0.272 e. The highest BCUT2D eigenvalue weighted by atomic mass is 16.2. The molecule has 2 amide bonds. The van der Waals surface area contributed by atoms with E-state index in [0.29, 0.717) is 0 Å². The van der Waals surface area contributed by atoms with Crippen LogP contribution in [0.1, 0.15) is 50.3 Å². The Labute approximate surface area is 156 Å². The van der Waals surface area contributed by atoms with Gasteiger partial charge < -0.3 is 15.6 Å². The van der Waals surface area contributed by atoms with E-state index in [1.807, 2.05) is 36.4 Å². The second kappa shape index (κ2) is 7.41. The molecule has 1 aromatic carbocycles. The molecule has 2 aromatic heterocycles. The zero-order valence-electron chi connectivity index (χ0n) is 14.6. The molecule has 136 valence electrons. The normalized spacial score (nSPS) is 15.2. The molecule has 3 aromatic rings. The summed E-state index contributed by atoms with van der Waals surface area (Å²) in [5.41, 5.74) is 3.35. The van der Waals surface area contributed by atoms with Gasteiger partial charge in [-0.15, -0.1) is 0 Å². The standard InChI is InChI=1S/C20H19N5O2/c26-19(22-11-14-6-3-4-10-21-14)17-18(24-12-23-17)20(27)25-16-9-8-13-5-1-2-7-15(13)16/h1-7,10,12,16H,8-9,11H2,(H,22,26)(H,23,24)(H,25,27)/t16-/m1/s1. The van der Waals surface area contributed by atoms with E-state index in [4.69, 9.17) is 0 Å². The fourth-order valence-electron chi connectivity index (χ4n) is 3.34. The van der Waals surface area contributed by atoms with Gasteiger partial charge in [-0.1, -0.05) is 30.3 Å². The topological polar surface area (TPSA) is 99.8 Å². The average Bonchev–Trinajstić information content (AvgIpc) is 3.35. The van der Waals surface area contributed by atoms with Crippen LogP contribution in [0.4, 0.5) is 0 Å². The number of amides is 2. The summed E-state index contributed by atoms with van der Waals surface area (Å²) in [6, 6.07) is 13.5. The van der Waals surface area contributed by atoms with Gasteiger partial charge in [-0.3, -0.25) is 14.6 Å². The van der Waals surface area contributed by atoms with Gasteiger partial charge in [0, 0.05) is 6.20 Å². The Hall–Kier alpha value is -3.48. The minimum Gasteiger partial charge on any atom is -0.345 e. The Kier molecular flexibility index (Phi) is 4.65. The molecular formula is C20H19N5O2. The summed E-state index contributed by atoms with van der Waals surface area (Å²) in [6.07, 6.45) is 4.79. The summed E-state index contributed by atoms with van der Waals surface area (Å²) >= 11 is 0. The maximum absolute atomic E-state index is 12.7. The van der Waals surface area contributed by atoms with E-state index < -0.39 is 5.91 Å². The maximum atomic E-state index is 12.7. The van der Waals surface area contributed by atoms with Gasteiger partial charge in [-0.25, -0.2) is 4.98 Å². The molecule has 27 heavy (non-hydrogen) atoms. The number of hydrogen-bond donors (Lipinski definition) is 3. The van der Waals surface area contributed by atoms with Crippen LogP contribution in [0.25, 0.3) is 0 Å². The van der Waals surface area contributed by atoms with Gasteiger partial charge >= 0.3 is 0 Å². The van der Waals surface area contributed by atoms with E-state index in [9.17, 15) is 9.59 Å². The summed E-state index contributed by atoms with van der Waals surface area (Å²) in [5, 5.41) is 5.75. The SMILES string of the molecule is O=C(N[C@@H]1CCc2ccccc21)c1nc[nH]c1C(=O)NCc1ccccn1. The molecule has 0 saturated heterocycles. The molecule has 7 heteroatoms. The lowest BCUT2D eigenvalue weighted by atomic mass is 10.1. The molecule has 0 spiro atoms. The fourth-order valence-corrected chi connectivity index (χ4v) is 3.34. The van der Waals surface area contributed by atoms with E-state index >= 15 is 0 Å². The molecule has 7 nitrogen and oxygen atoms in total. The van der Waals surface area contributed by atoms with Crippen LogP contribution in [0, 0.1) is 0 Å². The Morgan fingerprint density at radius 3 is 2.78 bits per heavy atom. The quantitative estimate of drug-likeness (QED) is 0.648. The third-order valence-corrected chi connectivity index (χ3v) is 4.68. The van der Waals surface area contributed by atoms with Crippen molar-refractivity contribution in [2.75, 3.05) is 0 Å². The number of aromatic nitrogens is 3. The van der Waals surface area contributed by atoms with Gasteiger partial charge in [0.15, 0.2) is 5.69 Å². The third kappa shape index (κ3) is 3.57. The van der Waals surface area contributed by atoms with Crippen LogP contribution in [0.2, 0.25) is 0 Å².